The monoisotopic (exact) mass is 414 g/mol. The molecule has 1 N–H and O–H groups in total. The van der Waals surface area contributed by atoms with E-state index >= 15 is 0 Å². The third-order valence-electron chi connectivity index (χ3n) is 5.73. The van der Waals surface area contributed by atoms with Gasteiger partial charge in [0.25, 0.3) is 0 Å². The lowest BCUT2D eigenvalue weighted by atomic mass is 10.0. The van der Waals surface area contributed by atoms with Crippen LogP contribution in [0.15, 0.2) is 28.8 Å². The summed E-state index contributed by atoms with van der Waals surface area (Å²) in [4.78, 5) is 18.7. The van der Waals surface area contributed by atoms with Gasteiger partial charge in [-0.2, -0.15) is 4.98 Å². The number of ether oxygens (including phenoxy) is 2. The number of urea groups is 1. The lowest BCUT2D eigenvalue weighted by Crippen LogP contribution is -2.50. The van der Waals surface area contributed by atoms with E-state index in [2.05, 4.69) is 15.5 Å². The van der Waals surface area contributed by atoms with Gasteiger partial charge in [-0.25, -0.2) is 4.79 Å². The number of benzene rings is 1. The van der Waals surface area contributed by atoms with Crippen LogP contribution in [-0.2, 0) is 11.2 Å². The highest BCUT2D eigenvalue weighted by atomic mass is 16.5. The molecule has 1 saturated carbocycles. The number of carbonyl (C=O) groups excluding carboxylic acids is 1. The number of rotatable bonds is 9. The predicted molar refractivity (Wildman–Crippen MR) is 112 cm³/mol. The summed E-state index contributed by atoms with van der Waals surface area (Å²) in [6, 6.07) is 7.27. The molecule has 2 amide bonds. The Bertz CT molecular complexity index is 828. The molecular formula is C22H30N4O4. The number of carbonyl (C=O) groups is 1. The van der Waals surface area contributed by atoms with Crippen LogP contribution < -0.4 is 10.1 Å². The van der Waals surface area contributed by atoms with Crippen LogP contribution in [0.25, 0.3) is 0 Å². The molecule has 30 heavy (non-hydrogen) atoms. The van der Waals surface area contributed by atoms with Crippen molar-refractivity contribution in [1.82, 2.24) is 15.0 Å². The molecule has 2 heterocycles. The summed E-state index contributed by atoms with van der Waals surface area (Å²) in [5.74, 6) is 2.74. The minimum atomic E-state index is -0.154. The van der Waals surface area contributed by atoms with Gasteiger partial charge in [-0.15, -0.1) is 0 Å². The summed E-state index contributed by atoms with van der Waals surface area (Å²) >= 11 is 0. The lowest BCUT2D eigenvalue weighted by molar-refractivity contribution is 0.102. The fraction of sp³-hybridized carbons (Fsp3) is 0.591. The summed E-state index contributed by atoms with van der Waals surface area (Å²) in [5, 5.41) is 6.97. The van der Waals surface area contributed by atoms with Gasteiger partial charge in [-0.05, 0) is 37.8 Å². The summed E-state index contributed by atoms with van der Waals surface area (Å²) in [6.07, 6.45) is 5.89. The molecule has 2 aliphatic rings. The van der Waals surface area contributed by atoms with Crippen LogP contribution in [0, 0.1) is 5.92 Å². The molecule has 1 aliphatic heterocycles. The molecule has 8 heteroatoms. The highest BCUT2D eigenvalue weighted by molar-refractivity contribution is 5.91. The highest BCUT2D eigenvalue weighted by Gasteiger charge is 2.35. The number of hydrogen-bond acceptors (Lipinski definition) is 6. The van der Waals surface area contributed by atoms with Crippen LogP contribution in [0.3, 0.4) is 0 Å². The van der Waals surface area contributed by atoms with Crippen molar-refractivity contribution in [2.24, 2.45) is 5.92 Å². The molecular weight excluding hydrogens is 384 g/mol. The second-order valence-electron chi connectivity index (χ2n) is 7.99. The van der Waals surface area contributed by atoms with Gasteiger partial charge in [0.15, 0.2) is 5.82 Å². The first-order chi connectivity index (χ1) is 14.7. The summed E-state index contributed by atoms with van der Waals surface area (Å²) in [6.45, 7) is 5.03. The fourth-order valence-electron chi connectivity index (χ4n) is 3.97. The average Bonchev–Trinajstić information content (AvgIpc) is 3.38. The minimum Gasteiger partial charge on any atom is -0.492 e. The molecule has 0 unspecified atom stereocenters. The zero-order valence-corrected chi connectivity index (χ0v) is 17.5. The van der Waals surface area contributed by atoms with Gasteiger partial charge >= 0.3 is 6.03 Å². The van der Waals surface area contributed by atoms with Crippen molar-refractivity contribution >= 4 is 11.7 Å². The molecule has 0 bridgehead atoms. The zero-order chi connectivity index (χ0) is 20.8. The number of amides is 2. The molecule has 162 valence electrons. The maximum Gasteiger partial charge on any atom is 0.321 e. The lowest BCUT2D eigenvalue weighted by Gasteiger charge is -2.36. The molecule has 1 aliphatic carbocycles. The number of para-hydroxylation sites is 2. The smallest absolute Gasteiger partial charge is 0.321 e. The first-order valence-electron chi connectivity index (χ1n) is 10.9. The number of nitrogens with one attached hydrogen (secondary N) is 1. The Balaban J connectivity index is 1.19. The second kappa shape index (κ2) is 9.93. The molecule has 1 aromatic carbocycles. The van der Waals surface area contributed by atoms with Crippen molar-refractivity contribution in [2.75, 3.05) is 38.2 Å². The van der Waals surface area contributed by atoms with Crippen molar-refractivity contribution in [2.45, 2.75) is 44.9 Å². The molecule has 2 fully saturated rings. The maximum absolute atomic E-state index is 12.5. The number of hydrogen-bond donors (Lipinski definition) is 1. The first kappa shape index (κ1) is 20.7. The average molecular weight is 415 g/mol. The van der Waals surface area contributed by atoms with Crippen LogP contribution >= 0.6 is 0 Å². The molecule has 2 aromatic rings. The summed E-state index contributed by atoms with van der Waals surface area (Å²) < 4.78 is 16.7. The van der Waals surface area contributed by atoms with E-state index in [4.69, 9.17) is 14.0 Å². The molecule has 1 saturated heterocycles. The topological polar surface area (TPSA) is 89.7 Å². The van der Waals surface area contributed by atoms with Crippen molar-refractivity contribution in [3.05, 3.63) is 36.0 Å². The Morgan fingerprint density at radius 3 is 2.87 bits per heavy atom. The number of likely N-dealkylation sites (tertiary alicyclic amines) is 1. The van der Waals surface area contributed by atoms with Crippen molar-refractivity contribution in [3.63, 3.8) is 0 Å². The highest BCUT2D eigenvalue weighted by Crippen LogP contribution is 2.29. The van der Waals surface area contributed by atoms with Crippen molar-refractivity contribution < 1.29 is 18.8 Å². The van der Waals surface area contributed by atoms with E-state index in [-0.39, 0.29) is 11.9 Å². The van der Waals surface area contributed by atoms with Crippen molar-refractivity contribution in [3.8, 4) is 5.75 Å². The largest absolute Gasteiger partial charge is 0.492 e. The van der Waals surface area contributed by atoms with Gasteiger partial charge in [0.2, 0.25) is 5.89 Å². The SMILES string of the molecule is CCOc1ccccc1NC(=O)N1CC(c2nc(CCOCC3CCCC3)no2)C1. The molecule has 4 rings (SSSR count). The van der Waals surface area contributed by atoms with E-state index in [0.717, 1.165) is 12.5 Å². The molecule has 0 atom stereocenters. The standard InChI is InChI=1S/C22H30N4O4/c1-2-29-19-10-6-5-9-18(19)23-22(27)26-13-17(14-26)21-24-20(25-30-21)11-12-28-15-16-7-3-4-8-16/h5-6,9-10,16-17H,2-4,7-8,11-15H2,1H3,(H,23,27). The second-order valence-corrected chi connectivity index (χ2v) is 7.99. The Morgan fingerprint density at radius 1 is 1.27 bits per heavy atom. The Morgan fingerprint density at radius 2 is 2.07 bits per heavy atom. The molecule has 1 aromatic heterocycles. The van der Waals surface area contributed by atoms with Crippen molar-refractivity contribution in [1.29, 1.82) is 0 Å². The number of aromatic nitrogens is 2. The van der Waals surface area contributed by atoms with E-state index in [1.54, 1.807) is 4.90 Å². The Hall–Kier alpha value is -2.61. The quantitative estimate of drug-likeness (QED) is 0.627. The van der Waals surface area contributed by atoms with Gasteiger partial charge in [-0.3, -0.25) is 0 Å². The molecule has 0 radical (unpaired) electrons. The van der Waals surface area contributed by atoms with Crippen LogP contribution in [0.1, 0.15) is 50.2 Å². The van der Waals surface area contributed by atoms with E-state index in [9.17, 15) is 4.79 Å². The van der Waals surface area contributed by atoms with Gasteiger partial charge in [0, 0.05) is 26.1 Å². The van der Waals surface area contributed by atoms with Crippen LogP contribution in [0.4, 0.5) is 10.5 Å². The van der Waals surface area contributed by atoms with Crippen LogP contribution in [-0.4, -0.2) is 54.0 Å². The van der Waals surface area contributed by atoms with Gasteiger partial charge in [0.05, 0.1) is 24.8 Å². The first-order valence-corrected chi connectivity index (χ1v) is 10.9. The minimum absolute atomic E-state index is 0.0820. The Labute approximate surface area is 176 Å². The number of anilines is 1. The summed E-state index contributed by atoms with van der Waals surface area (Å²) in [7, 11) is 0. The fourth-order valence-corrected chi connectivity index (χ4v) is 3.97. The third kappa shape index (κ3) is 5.11. The van der Waals surface area contributed by atoms with Gasteiger partial charge < -0.3 is 24.2 Å². The van der Waals surface area contributed by atoms with Crippen LogP contribution in [0.5, 0.6) is 5.75 Å². The predicted octanol–water partition coefficient (Wildman–Crippen LogP) is 3.85. The van der Waals surface area contributed by atoms with E-state index < -0.39 is 0 Å². The van der Waals surface area contributed by atoms with E-state index in [1.807, 2.05) is 31.2 Å². The Kier molecular flexibility index (Phi) is 6.84. The van der Waals surface area contributed by atoms with E-state index in [0.29, 0.717) is 55.9 Å². The third-order valence-corrected chi connectivity index (χ3v) is 5.73. The van der Waals surface area contributed by atoms with Crippen LogP contribution in [0.2, 0.25) is 0 Å². The maximum atomic E-state index is 12.5. The normalized spacial score (nSPS) is 17.2. The van der Waals surface area contributed by atoms with Gasteiger partial charge in [0.1, 0.15) is 5.75 Å². The molecule has 0 spiro atoms. The van der Waals surface area contributed by atoms with E-state index in [1.165, 1.54) is 25.7 Å². The number of nitrogens with zero attached hydrogens (tertiary/aromatic N) is 3. The molecule has 8 nitrogen and oxygen atoms in total. The zero-order valence-electron chi connectivity index (χ0n) is 17.5. The summed E-state index contributed by atoms with van der Waals surface area (Å²) in [5.41, 5.74) is 0.672. The van der Waals surface area contributed by atoms with Gasteiger partial charge in [-0.1, -0.05) is 30.1 Å².